The fourth-order valence-electron chi connectivity index (χ4n) is 1.13. The molecular formula is C11H14Cl2N2S2. The molecule has 1 aromatic rings. The number of nitrogens with one attached hydrogen (secondary N) is 1. The van der Waals surface area contributed by atoms with Gasteiger partial charge in [0.2, 0.25) is 0 Å². The monoisotopic (exact) mass is 308 g/mol. The van der Waals surface area contributed by atoms with E-state index in [-0.39, 0.29) is 0 Å². The molecule has 94 valence electrons. The van der Waals surface area contributed by atoms with Gasteiger partial charge in [-0.1, -0.05) is 35.0 Å². The molecule has 0 amide bonds. The van der Waals surface area contributed by atoms with Crippen molar-refractivity contribution in [1.29, 1.82) is 0 Å². The third kappa shape index (κ3) is 5.42. The lowest BCUT2D eigenvalue weighted by Gasteiger charge is -2.06. The van der Waals surface area contributed by atoms with Gasteiger partial charge < -0.3 is 5.32 Å². The van der Waals surface area contributed by atoms with E-state index in [1.165, 1.54) is 0 Å². The molecule has 1 rings (SSSR count). The van der Waals surface area contributed by atoms with Crippen molar-refractivity contribution in [3.63, 3.8) is 0 Å². The van der Waals surface area contributed by atoms with Crippen molar-refractivity contribution in [1.82, 2.24) is 5.32 Å². The second-order valence-electron chi connectivity index (χ2n) is 3.05. The van der Waals surface area contributed by atoms with Gasteiger partial charge in [0, 0.05) is 35.5 Å². The maximum absolute atomic E-state index is 6.07. The van der Waals surface area contributed by atoms with Crippen LogP contribution >= 0.6 is 46.7 Å². The van der Waals surface area contributed by atoms with Crippen LogP contribution in [0.1, 0.15) is 0 Å². The first-order valence-electron chi connectivity index (χ1n) is 5.02. The topological polar surface area (TPSA) is 24.4 Å². The molecule has 2 nitrogen and oxygen atoms in total. The molecule has 0 bridgehead atoms. The zero-order valence-electron chi connectivity index (χ0n) is 9.67. The molecule has 0 aliphatic rings. The Morgan fingerprint density at radius 1 is 1.35 bits per heavy atom. The fraction of sp³-hybridized carbons (Fsp3) is 0.364. The van der Waals surface area contributed by atoms with Crippen molar-refractivity contribution in [2.24, 2.45) is 4.99 Å². The Bertz CT molecular complexity index is 397. The second kappa shape index (κ2) is 8.14. The molecule has 1 N–H and O–H groups in total. The van der Waals surface area contributed by atoms with E-state index in [1.807, 2.05) is 19.2 Å². The lowest BCUT2D eigenvalue weighted by molar-refractivity contribution is 1.18. The first kappa shape index (κ1) is 15.0. The van der Waals surface area contributed by atoms with Crippen LogP contribution in [0.15, 0.2) is 28.1 Å². The number of thioether (sulfide) groups is 2. The summed E-state index contributed by atoms with van der Waals surface area (Å²) in [6.07, 6.45) is 0. The van der Waals surface area contributed by atoms with E-state index in [4.69, 9.17) is 23.2 Å². The van der Waals surface area contributed by atoms with Gasteiger partial charge >= 0.3 is 0 Å². The molecular weight excluding hydrogens is 295 g/mol. The Labute approximate surface area is 121 Å². The van der Waals surface area contributed by atoms with E-state index in [9.17, 15) is 0 Å². The minimum Gasteiger partial charge on any atom is -0.368 e. The summed E-state index contributed by atoms with van der Waals surface area (Å²) in [7, 11) is 3.65. The van der Waals surface area contributed by atoms with Gasteiger partial charge in [0.1, 0.15) is 0 Å². The number of nitrogens with zero attached hydrogens (tertiary/aromatic N) is 1. The molecule has 0 aliphatic heterocycles. The maximum atomic E-state index is 6.07. The summed E-state index contributed by atoms with van der Waals surface area (Å²) >= 11 is 15.4. The van der Waals surface area contributed by atoms with Crippen LogP contribution in [0.25, 0.3) is 0 Å². The molecule has 0 atom stereocenters. The summed E-state index contributed by atoms with van der Waals surface area (Å²) in [4.78, 5) is 5.12. The van der Waals surface area contributed by atoms with Gasteiger partial charge in [-0.2, -0.15) is 0 Å². The highest BCUT2D eigenvalue weighted by Crippen LogP contribution is 2.30. The van der Waals surface area contributed by atoms with Crippen LogP contribution in [-0.4, -0.2) is 30.8 Å². The average Bonchev–Trinajstić information content (AvgIpc) is 2.33. The Hall–Kier alpha value is -0.0300. The highest BCUT2D eigenvalue weighted by molar-refractivity contribution is 8.14. The molecule has 0 aliphatic carbocycles. The van der Waals surface area contributed by atoms with Gasteiger partial charge in [-0.3, -0.25) is 4.99 Å². The van der Waals surface area contributed by atoms with E-state index < -0.39 is 0 Å². The Morgan fingerprint density at radius 2 is 2.12 bits per heavy atom. The summed E-state index contributed by atoms with van der Waals surface area (Å²) < 4.78 is 0. The van der Waals surface area contributed by atoms with E-state index in [2.05, 4.69) is 10.3 Å². The molecule has 0 spiro atoms. The quantitative estimate of drug-likeness (QED) is 0.393. The predicted octanol–water partition coefficient (Wildman–Crippen LogP) is 4.02. The van der Waals surface area contributed by atoms with E-state index in [1.54, 1.807) is 36.6 Å². The molecule has 0 heterocycles. The van der Waals surface area contributed by atoms with Crippen molar-refractivity contribution in [3.8, 4) is 0 Å². The summed E-state index contributed by atoms with van der Waals surface area (Å²) in [5.41, 5.74) is 0. The summed E-state index contributed by atoms with van der Waals surface area (Å²) in [6, 6.07) is 5.52. The van der Waals surface area contributed by atoms with E-state index in [0.717, 1.165) is 31.6 Å². The van der Waals surface area contributed by atoms with Crippen molar-refractivity contribution < 1.29 is 0 Å². The summed E-state index contributed by atoms with van der Waals surface area (Å²) in [5.74, 6) is 1.94. The molecule has 0 radical (unpaired) electrons. The summed E-state index contributed by atoms with van der Waals surface area (Å²) in [6.45, 7) is 0. The van der Waals surface area contributed by atoms with Gasteiger partial charge in [-0.05, 0) is 18.2 Å². The number of hydrogen-bond donors (Lipinski definition) is 1. The SMILES string of the molecule is CN=C(NC)SCCSc1cc(Cl)ccc1Cl. The van der Waals surface area contributed by atoms with Gasteiger partial charge in [-0.15, -0.1) is 11.8 Å². The number of hydrogen-bond acceptors (Lipinski definition) is 3. The Morgan fingerprint density at radius 3 is 2.76 bits per heavy atom. The lowest BCUT2D eigenvalue weighted by atomic mass is 10.4. The molecule has 0 unspecified atom stereocenters. The molecule has 0 saturated carbocycles. The molecule has 6 heteroatoms. The molecule has 1 aromatic carbocycles. The third-order valence-corrected chi connectivity index (χ3v) is 4.95. The minimum atomic E-state index is 0.718. The highest BCUT2D eigenvalue weighted by atomic mass is 35.5. The molecule has 0 aromatic heterocycles. The van der Waals surface area contributed by atoms with Crippen molar-refractivity contribution >= 4 is 51.9 Å². The zero-order chi connectivity index (χ0) is 12.7. The van der Waals surface area contributed by atoms with Crippen molar-refractivity contribution in [2.45, 2.75) is 4.90 Å². The van der Waals surface area contributed by atoms with E-state index in [0.29, 0.717) is 0 Å². The van der Waals surface area contributed by atoms with Crippen LogP contribution in [0.2, 0.25) is 10.0 Å². The number of halogens is 2. The number of amidine groups is 1. The first-order chi connectivity index (χ1) is 8.17. The first-order valence-corrected chi connectivity index (χ1v) is 7.75. The smallest absolute Gasteiger partial charge is 0.156 e. The number of benzene rings is 1. The fourth-order valence-corrected chi connectivity index (χ4v) is 3.41. The van der Waals surface area contributed by atoms with Crippen LogP contribution in [-0.2, 0) is 0 Å². The molecule has 0 saturated heterocycles. The van der Waals surface area contributed by atoms with Gasteiger partial charge in [0.25, 0.3) is 0 Å². The Balaban J connectivity index is 2.38. The number of rotatable bonds is 4. The molecule has 17 heavy (non-hydrogen) atoms. The van der Waals surface area contributed by atoms with Crippen LogP contribution < -0.4 is 5.32 Å². The normalized spacial score (nSPS) is 11.6. The predicted molar refractivity (Wildman–Crippen MR) is 82.1 cm³/mol. The standard InChI is InChI=1S/C11H14Cl2N2S2/c1-14-11(15-2)17-6-5-16-10-7-8(12)3-4-9(10)13/h3-4,7H,5-6H2,1-2H3,(H,14,15). The summed E-state index contributed by atoms with van der Waals surface area (Å²) in [5, 5.41) is 5.44. The van der Waals surface area contributed by atoms with Gasteiger partial charge in [0.15, 0.2) is 5.17 Å². The second-order valence-corrected chi connectivity index (χ2v) is 6.11. The number of aliphatic imine (C=N–C) groups is 1. The van der Waals surface area contributed by atoms with Crippen LogP contribution in [0.3, 0.4) is 0 Å². The van der Waals surface area contributed by atoms with Crippen molar-refractivity contribution in [3.05, 3.63) is 28.2 Å². The average molecular weight is 309 g/mol. The van der Waals surface area contributed by atoms with Gasteiger partial charge in [0.05, 0.1) is 5.02 Å². The lowest BCUT2D eigenvalue weighted by Crippen LogP contribution is -2.14. The van der Waals surface area contributed by atoms with Crippen LogP contribution in [0.4, 0.5) is 0 Å². The molecule has 0 fully saturated rings. The van der Waals surface area contributed by atoms with Crippen LogP contribution in [0.5, 0.6) is 0 Å². The zero-order valence-corrected chi connectivity index (χ0v) is 12.8. The van der Waals surface area contributed by atoms with E-state index >= 15 is 0 Å². The van der Waals surface area contributed by atoms with Crippen LogP contribution in [0, 0.1) is 0 Å². The largest absolute Gasteiger partial charge is 0.368 e. The van der Waals surface area contributed by atoms with Gasteiger partial charge in [-0.25, -0.2) is 0 Å². The maximum Gasteiger partial charge on any atom is 0.156 e. The highest BCUT2D eigenvalue weighted by Gasteiger charge is 2.03. The third-order valence-electron chi connectivity index (χ3n) is 1.89. The Kier molecular flexibility index (Phi) is 7.19. The minimum absolute atomic E-state index is 0.718. The van der Waals surface area contributed by atoms with Crippen molar-refractivity contribution in [2.75, 3.05) is 25.6 Å².